The fourth-order valence-electron chi connectivity index (χ4n) is 2.06. The average Bonchev–Trinajstić information content (AvgIpc) is 2.59. The highest BCUT2D eigenvalue weighted by molar-refractivity contribution is 6.37. The molecule has 6 nitrogen and oxygen atoms in total. The summed E-state index contributed by atoms with van der Waals surface area (Å²) in [7, 11) is 0. The molecular weight excluding hydrogens is 284 g/mol. The number of carbonyl (C=O) groups excluding carboxylic acids is 2. The molecule has 0 aliphatic rings. The van der Waals surface area contributed by atoms with Gasteiger partial charge in [0.25, 0.3) is 0 Å². The van der Waals surface area contributed by atoms with Crippen molar-refractivity contribution in [2.75, 3.05) is 0 Å². The molecule has 2 aromatic carbocycles. The molecule has 4 N–H and O–H groups in total. The molecule has 0 fully saturated rings. The van der Waals surface area contributed by atoms with Crippen LogP contribution in [0.5, 0.6) is 0 Å². The van der Waals surface area contributed by atoms with E-state index >= 15 is 0 Å². The lowest BCUT2D eigenvalue weighted by atomic mass is 9.94. The topological polar surface area (TPSA) is 105 Å². The van der Waals surface area contributed by atoms with Gasteiger partial charge in [-0.2, -0.15) is 11.8 Å². The number of rotatable bonds is 4. The molecule has 112 valence electrons. The van der Waals surface area contributed by atoms with Crippen LogP contribution in [0.4, 0.5) is 0 Å². The summed E-state index contributed by atoms with van der Waals surface area (Å²) in [5, 5.41) is 0. The van der Waals surface area contributed by atoms with Crippen molar-refractivity contribution >= 4 is 23.1 Å². The zero-order valence-electron chi connectivity index (χ0n) is 11.6. The van der Waals surface area contributed by atoms with Crippen molar-refractivity contribution in [1.29, 1.82) is 0 Å². The Hall–Kier alpha value is -2.96. The second-order valence-corrected chi connectivity index (χ2v) is 4.29. The van der Waals surface area contributed by atoms with Crippen molar-refractivity contribution < 1.29 is 19.3 Å². The van der Waals surface area contributed by atoms with Crippen molar-refractivity contribution in [3.05, 3.63) is 71.8 Å². The first-order chi connectivity index (χ1) is 10.7. The van der Waals surface area contributed by atoms with Crippen LogP contribution in [-0.2, 0) is 19.3 Å². The van der Waals surface area contributed by atoms with Gasteiger partial charge < -0.3 is 9.68 Å². The first kappa shape index (κ1) is 15.4. The summed E-state index contributed by atoms with van der Waals surface area (Å²) >= 11 is 0. The van der Waals surface area contributed by atoms with Crippen LogP contribution in [0.15, 0.2) is 60.7 Å². The van der Waals surface area contributed by atoms with Gasteiger partial charge in [-0.25, -0.2) is 9.59 Å². The molecule has 0 bridgehead atoms. The molecule has 22 heavy (non-hydrogen) atoms. The molecule has 2 aromatic rings. The SMILES string of the molecule is NOC(=O)/C(=C(\C(=O)ON)c1ccccc1)c1ccccc1. The van der Waals surface area contributed by atoms with Crippen LogP contribution in [-0.4, -0.2) is 11.9 Å². The van der Waals surface area contributed by atoms with Gasteiger partial charge >= 0.3 is 11.9 Å². The van der Waals surface area contributed by atoms with E-state index in [-0.39, 0.29) is 11.1 Å². The van der Waals surface area contributed by atoms with Crippen molar-refractivity contribution in [3.63, 3.8) is 0 Å². The Labute approximate surface area is 126 Å². The Kier molecular flexibility index (Phi) is 5.02. The van der Waals surface area contributed by atoms with Crippen LogP contribution in [0.25, 0.3) is 11.1 Å². The molecule has 2 rings (SSSR count). The molecule has 0 aliphatic carbocycles. The van der Waals surface area contributed by atoms with Crippen LogP contribution in [0.1, 0.15) is 11.1 Å². The van der Waals surface area contributed by atoms with Crippen LogP contribution in [0.2, 0.25) is 0 Å². The van der Waals surface area contributed by atoms with Gasteiger partial charge in [-0.05, 0) is 11.1 Å². The standard InChI is InChI=1S/C16H14N2O4/c17-21-15(19)13(11-7-3-1-4-8-11)14(16(20)22-18)12-9-5-2-6-10-12/h1-10H,17-18H2/b14-13-. The summed E-state index contributed by atoms with van der Waals surface area (Å²) in [5.74, 6) is 8.27. The number of hydrogen-bond donors (Lipinski definition) is 2. The summed E-state index contributed by atoms with van der Waals surface area (Å²) in [6, 6.07) is 17.0. The molecule has 0 atom stereocenters. The zero-order chi connectivity index (χ0) is 15.9. The Morgan fingerprint density at radius 2 is 0.955 bits per heavy atom. The van der Waals surface area contributed by atoms with E-state index in [9.17, 15) is 9.59 Å². The summed E-state index contributed by atoms with van der Waals surface area (Å²) in [5.41, 5.74) is 0.874. The summed E-state index contributed by atoms with van der Waals surface area (Å²) < 4.78 is 0. The second-order valence-electron chi connectivity index (χ2n) is 4.29. The molecule has 0 unspecified atom stereocenters. The zero-order valence-corrected chi connectivity index (χ0v) is 11.6. The molecule has 0 heterocycles. The van der Waals surface area contributed by atoms with Gasteiger partial charge in [-0.3, -0.25) is 0 Å². The van der Waals surface area contributed by atoms with E-state index in [4.69, 9.17) is 11.8 Å². The van der Waals surface area contributed by atoms with Gasteiger partial charge in [0.2, 0.25) is 0 Å². The highest BCUT2D eigenvalue weighted by Crippen LogP contribution is 2.28. The van der Waals surface area contributed by atoms with E-state index in [1.165, 1.54) is 0 Å². The van der Waals surface area contributed by atoms with Crippen LogP contribution in [0, 0.1) is 0 Å². The maximum Gasteiger partial charge on any atom is 0.358 e. The fourth-order valence-corrected chi connectivity index (χ4v) is 2.06. The Bertz CT molecular complexity index is 635. The first-order valence-electron chi connectivity index (χ1n) is 6.36. The quantitative estimate of drug-likeness (QED) is 0.502. The van der Waals surface area contributed by atoms with E-state index in [0.29, 0.717) is 11.1 Å². The van der Waals surface area contributed by atoms with Crippen molar-refractivity contribution in [2.45, 2.75) is 0 Å². The molecule has 0 aromatic heterocycles. The number of hydrogen-bond acceptors (Lipinski definition) is 6. The van der Waals surface area contributed by atoms with Gasteiger partial charge in [0.15, 0.2) is 0 Å². The minimum Gasteiger partial charge on any atom is -0.370 e. The molecule has 0 saturated heterocycles. The third-order valence-corrected chi connectivity index (χ3v) is 3.00. The molecule has 6 heteroatoms. The normalized spacial score (nSPS) is 11.4. The van der Waals surface area contributed by atoms with Gasteiger partial charge in [-0.15, -0.1) is 0 Å². The number of nitrogens with two attached hydrogens (primary N) is 2. The first-order valence-corrected chi connectivity index (χ1v) is 6.36. The lowest BCUT2D eigenvalue weighted by Gasteiger charge is -2.12. The smallest absolute Gasteiger partial charge is 0.358 e. The van der Waals surface area contributed by atoms with Gasteiger partial charge in [0, 0.05) is 0 Å². The fraction of sp³-hybridized carbons (Fsp3) is 0. The predicted molar refractivity (Wildman–Crippen MR) is 80.3 cm³/mol. The molecule has 0 amide bonds. The maximum absolute atomic E-state index is 12.1. The predicted octanol–water partition coefficient (Wildman–Crippen LogP) is 1.43. The maximum atomic E-state index is 12.1. The molecule has 0 spiro atoms. The van der Waals surface area contributed by atoms with Crippen molar-refractivity contribution in [2.24, 2.45) is 11.8 Å². The molecule has 0 saturated carbocycles. The van der Waals surface area contributed by atoms with Crippen LogP contribution in [0.3, 0.4) is 0 Å². The van der Waals surface area contributed by atoms with Gasteiger partial charge in [0.1, 0.15) is 0 Å². The van der Waals surface area contributed by atoms with E-state index in [1.807, 2.05) is 0 Å². The third-order valence-electron chi connectivity index (χ3n) is 3.00. The highest BCUT2D eigenvalue weighted by Gasteiger charge is 2.26. The van der Waals surface area contributed by atoms with Crippen molar-refractivity contribution in [3.8, 4) is 0 Å². The number of benzene rings is 2. The molecule has 0 aliphatic heterocycles. The van der Waals surface area contributed by atoms with Crippen molar-refractivity contribution in [1.82, 2.24) is 0 Å². The summed E-state index contributed by atoms with van der Waals surface area (Å²) in [6.45, 7) is 0. The average molecular weight is 298 g/mol. The molecular formula is C16H14N2O4. The summed E-state index contributed by atoms with van der Waals surface area (Å²) in [4.78, 5) is 32.8. The molecule has 0 radical (unpaired) electrons. The summed E-state index contributed by atoms with van der Waals surface area (Å²) in [6.07, 6.45) is 0. The largest absolute Gasteiger partial charge is 0.370 e. The van der Waals surface area contributed by atoms with Crippen LogP contribution >= 0.6 is 0 Å². The lowest BCUT2D eigenvalue weighted by Crippen LogP contribution is -2.19. The van der Waals surface area contributed by atoms with Gasteiger partial charge in [-0.1, -0.05) is 60.7 Å². The Morgan fingerprint density at radius 1 is 0.636 bits per heavy atom. The minimum atomic E-state index is -0.865. The van der Waals surface area contributed by atoms with E-state index in [2.05, 4.69) is 9.68 Å². The third kappa shape index (κ3) is 3.20. The second kappa shape index (κ2) is 7.16. The van der Waals surface area contributed by atoms with E-state index < -0.39 is 11.9 Å². The Balaban J connectivity index is 2.76. The monoisotopic (exact) mass is 298 g/mol. The highest BCUT2D eigenvalue weighted by atomic mass is 16.7. The van der Waals surface area contributed by atoms with E-state index in [0.717, 1.165) is 0 Å². The lowest BCUT2D eigenvalue weighted by molar-refractivity contribution is -0.139. The number of carbonyl (C=O) groups is 2. The minimum absolute atomic E-state index is 0.0234. The van der Waals surface area contributed by atoms with Crippen LogP contribution < -0.4 is 11.8 Å². The van der Waals surface area contributed by atoms with E-state index in [1.54, 1.807) is 60.7 Å². The Morgan fingerprint density at radius 3 is 1.23 bits per heavy atom. The van der Waals surface area contributed by atoms with Gasteiger partial charge in [0.05, 0.1) is 11.1 Å².